The molecule has 0 aromatic heterocycles. The van der Waals surface area contributed by atoms with Crippen LogP contribution < -0.4 is 0 Å². The highest BCUT2D eigenvalue weighted by Crippen LogP contribution is 2.79. The zero-order chi connectivity index (χ0) is 45.9. The van der Waals surface area contributed by atoms with E-state index in [1.54, 1.807) is 0 Å². The van der Waals surface area contributed by atoms with Crippen molar-refractivity contribution in [3.05, 3.63) is 24.3 Å². The smallest absolute Gasteiger partial charge is 0.0594 e. The fourth-order valence-corrected chi connectivity index (χ4v) is 23.0. The van der Waals surface area contributed by atoms with E-state index in [1.807, 2.05) is 0 Å². The van der Waals surface area contributed by atoms with E-state index in [1.165, 1.54) is 127 Å². The Morgan fingerprint density at radius 2 is 0.857 bits per heavy atom. The molecule has 0 saturated heterocycles. The van der Waals surface area contributed by atoms with Gasteiger partial charge in [-0.2, -0.15) is 0 Å². The van der Waals surface area contributed by atoms with Gasteiger partial charge in [0.15, 0.2) is 0 Å². The molecule has 3 heteroatoms. The number of aliphatic hydroxyl groups is 3. The van der Waals surface area contributed by atoms with Crippen LogP contribution in [0.5, 0.6) is 0 Å². The van der Waals surface area contributed by atoms with Gasteiger partial charge in [-0.05, 0) is 256 Å². The van der Waals surface area contributed by atoms with Crippen LogP contribution in [-0.2, 0) is 0 Å². The predicted molar refractivity (Wildman–Crippen MR) is 263 cm³/mol. The van der Waals surface area contributed by atoms with Crippen LogP contribution in [0.3, 0.4) is 0 Å². The minimum absolute atomic E-state index is 0.0290. The largest absolute Gasteiger partial charge is 0.396 e. The molecule has 0 radical (unpaired) electrons. The molecule has 0 bridgehead atoms. The molecule has 0 aromatic rings. The van der Waals surface area contributed by atoms with Gasteiger partial charge in [0, 0.05) is 6.61 Å². The second-order valence-corrected chi connectivity index (χ2v) is 29.3. The summed E-state index contributed by atoms with van der Waals surface area (Å²) in [6, 6.07) is 0. The molecule has 358 valence electrons. The summed E-state index contributed by atoms with van der Waals surface area (Å²) in [5.41, 5.74) is 5.99. The Balaban J connectivity index is 0.000000160. The zero-order valence-electron chi connectivity index (χ0n) is 43.5. The first-order valence-corrected chi connectivity index (χ1v) is 27.5. The number of hydrogen-bond donors (Lipinski definition) is 3. The van der Waals surface area contributed by atoms with E-state index in [0.717, 1.165) is 48.3 Å². The molecule has 0 heterocycles. The normalized spacial score (nSPS) is 57.2. The molecule has 0 aromatic carbocycles. The van der Waals surface area contributed by atoms with E-state index in [2.05, 4.69) is 103 Å². The van der Waals surface area contributed by atoms with Crippen molar-refractivity contribution in [2.24, 2.45) is 113 Å². The molecule has 0 unspecified atom stereocenters. The van der Waals surface area contributed by atoms with Crippen LogP contribution in [0.15, 0.2) is 24.3 Å². The van der Waals surface area contributed by atoms with Crippen molar-refractivity contribution in [1.82, 2.24) is 0 Å². The number of hydrogen-bond acceptors (Lipinski definition) is 3. The summed E-state index contributed by atoms with van der Waals surface area (Å²) in [5, 5.41) is 32.4. The van der Waals surface area contributed by atoms with Crippen molar-refractivity contribution in [2.45, 2.75) is 231 Å². The van der Waals surface area contributed by atoms with E-state index in [0.29, 0.717) is 68.2 Å². The molecule has 0 spiro atoms. The molecular formula is C60H100O3. The summed E-state index contributed by atoms with van der Waals surface area (Å²) in [7, 11) is 0. The maximum absolute atomic E-state index is 10.9. The number of rotatable bonds is 3. The molecule has 10 fully saturated rings. The van der Waals surface area contributed by atoms with Crippen molar-refractivity contribution in [3.63, 3.8) is 0 Å². The maximum Gasteiger partial charge on any atom is 0.0594 e. The summed E-state index contributed by atoms with van der Waals surface area (Å²) in [4.78, 5) is 0. The fourth-order valence-electron chi connectivity index (χ4n) is 23.0. The Labute approximate surface area is 388 Å². The summed E-state index contributed by atoms with van der Waals surface area (Å²) < 4.78 is 0. The van der Waals surface area contributed by atoms with Crippen LogP contribution in [0.1, 0.15) is 218 Å². The monoisotopic (exact) mass is 869 g/mol. The Kier molecular flexibility index (Phi) is 11.2. The minimum atomic E-state index is -0.147. The van der Waals surface area contributed by atoms with E-state index in [-0.39, 0.29) is 28.5 Å². The Morgan fingerprint density at radius 3 is 1.32 bits per heavy atom. The lowest BCUT2D eigenvalue weighted by atomic mass is 9.32. The second kappa shape index (κ2) is 14.9. The summed E-state index contributed by atoms with van der Waals surface area (Å²) in [6.45, 7) is 42.0. The third-order valence-corrected chi connectivity index (χ3v) is 27.0. The minimum Gasteiger partial charge on any atom is -0.396 e. The van der Waals surface area contributed by atoms with E-state index < -0.39 is 0 Å². The topological polar surface area (TPSA) is 60.7 Å². The highest BCUT2D eigenvalue weighted by Gasteiger charge is 2.72. The van der Waals surface area contributed by atoms with Crippen LogP contribution >= 0.6 is 0 Å². The quantitative estimate of drug-likeness (QED) is 0.248. The average molecular weight is 869 g/mol. The highest BCUT2D eigenvalue weighted by atomic mass is 16.3. The summed E-state index contributed by atoms with van der Waals surface area (Å²) in [5.74, 6) is 7.31. The molecule has 0 aliphatic heterocycles. The first-order chi connectivity index (χ1) is 29.2. The molecule has 10 saturated carbocycles. The molecule has 63 heavy (non-hydrogen) atoms. The third kappa shape index (κ3) is 6.09. The van der Waals surface area contributed by atoms with Crippen LogP contribution in [-0.4, -0.2) is 34.1 Å². The van der Waals surface area contributed by atoms with Gasteiger partial charge < -0.3 is 15.3 Å². The first-order valence-electron chi connectivity index (χ1n) is 27.5. The SMILES string of the molecule is C=C(C)[C@@H]1CC[C@]2(C)CC[C@]3(C)[C@H](CC[C@@H]4[C@@]5(C)CC[C@H](O)C(C)(C)[C@@H]5CC[C@]43C)[C@@H]12.C=C(C)[C@@H]1CC[C@]2(CO)CC[C@]3(C)[C@H](CC[C@@H]4[C@@]5(C)CC[C@H](O)C(C)(C)[C@@H]5CC[C@]43C)[C@@H]12. The first kappa shape index (κ1) is 47.4. The second-order valence-electron chi connectivity index (χ2n) is 29.3. The van der Waals surface area contributed by atoms with Gasteiger partial charge in [-0.25, -0.2) is 0 Å². The number of fused-ring (bicyclic) bond motifs is 14. The Hall–Kier alpha value is -0.640. The van der Waals surface area contributed by atoms with Crippen molar-refractivity contribution >= 4 is 0 Å². The molecule has 10 rings (SSSR count). The molecule has 0 amide bonds. The van der Waals surface area contributed by atoms with Crippen molar-refractivity contribution in [2.75, 3.05) is 6.61 Å². The zero-order valence-corrected chi connectivity index (χ0v) is 43.5. The van der Waals surface area contributed by atoms with E-state index in [4.69, 9.17) is 0 Å². The standard InChI is InChI=1S/C30H50O2.C30H50O/c1-19(2)20-10-15-30(18-31)17-16-28(6)21(25(20)30)8-9-23-27(5)13-12-24(32)26(3,4)22(27)11-14-29(23,28)7;1-19(2)20-11-14-27(5)17-18-29(7)21(25(20)27)9-10-23-28(6)15-13-24(31)26(3,4)22(28)12-16-30(23,29)8/h20-25,31-32H,1,8-18H2,2-7H3;20-25,31H,1,9-18H2,2-8H3/t20-,21+,22-,23+,24-,25+,27-,28+,29+,30+;20-,21+,22-,23+,24-,25+,27+,28-,29+,30+/m00/s1. The summed E-state index contributed by atoms with van der Waals surface area (Å²) >= 11 is 0. The van der Waals surface area contributed by atoms with Crippen LogP contribution in [0.25, 0.3) is 0 Å². The van der Waals surface area contributed by atoms with E-state index >= 15 is 0 Å². The van der Waals surface area contributed by atoms with E-state index in [9.17, 15) is 15.3 Å². The Morgan fingerprint density at radius 1 is 0.429 bits per heavy atom. The molecule has 3 nitrogen and oxygen atoms in total. The van der Waals surface area contributed by atoms with Crippen LogP contribution in [0, 0.1) is 113 Å². The third-order valence-electron chi connectivity index (χ3n) is 27.0. The van der Waals surface area contributed by atoms with Gasteiger partial charge >= 0.3 is 0 Å². The Bertz CT molecular complexity index is 1810. The van der Waals surface area contributed by atoms with Gasteiger partial charge in [-0.1, -0.05) is 100 Å². The van der Waals surface area contributed by atoms with Gasteiger partial charge in [0.25, 0.3) is 0 Å². The lowest BCUT2D eigenvalue weighted by Crippen LogP contribution is -2.66. The van der Waals surface area contributed by atoms with Crippen molar-refractivity contribution < 1.29 is 15.3 Å². The van der Waals surface area contributed by atoms with Gasteiger partial charge in [-0.3, -0.25) is 0 Å². The average Bonchev–Trinajstić information content (AvgIpc) is 3.78. The lowest BCUT2D eigenvalue weighted by molar-refractivity contribution is -0.249. The number of allylic oxidation sites excluding steroid dienone is 2. The van der Waals surface area contributed by atoms with Gasteiger partial charge in [0.05, 0.1) is 12.2 Å². The molecule has 3 N–H and O–H groups in total. The van der Waals surface area contributed by atoms with Crippen molar-refractivity contribution in [1.29, 1.82) is 0 Å². The van der Waals surface area contributed by atoms with Crippen molar-refractivity contribution in [3.8, 4) is 0 Å². The van der Waals surface area contributed by atoms with Gasteiger partial charge in [-0.15, -0.1) is 0 Å². The molecule has 10 aliphatic rings. The van der Waals surface area contributed by atoms with Gasteiger partial charge in [0.2, 0.25) is 0 Å². The molecule has 10 aliphatic carbocycles. The van der Waals surface area contributed by atoms with Crippen LogP contribution in [0.4, 0.5) is 0 Å². The fraction of sp³-hybridized carbons (Fsp3) is 0.933. The maximum atomic E-state index is 10.9. The predicted octanol–water partition coefficient (Wildman–Crippen LogP) is 15.0. The summed E-state index contributed by atoms with van der Waals surface area (Å²) in [6.07, 6.45) is 25.6. The highest BCUT2D eigenvalue weighted by molar-refractivity contribution is 5.23. The molecule has 20 atom stereocenters. The molecular weight excluding hydrogens is 769 g/mol. The number of aliphatic hydroxyl groups excluding tert-OH is 3. The van der Waals surface area contributed by atoms with Crippen LogP contribution in [0.2, 0.25) is 0 Å². The van der Waals surface area contributed by atoms with Gasteiger partial charge in [0.1, 0.15) is 0 Å². The lowest BCUT2D eigenvalue weighted by Gasteiger charge is -2.73.